The maximum atomic E-state index is 14.9. The van der Waals surface area contributed by atoms with Crippen molar-refractivity contribution in [3.63, 3.8) is 0 Å². The summed E-state index contributed by atoms with van der Waals surface area (Å²) in [5, 5.41) is 8.22. The molecule has 0 aliphatic heterocycles. The number of hydrogen-bond acceptors (Lipinski definition) is 6. The van der Waals surface area contributed by atoms with Gasteiger partial charge in [-0.15, -0.1) is 0 Å². The second-order valence-electron chi connectivity index (χ2n) is 15.7. The number of nitrogens with zero attached hydrogens (tertiary/aromatic N) is 2. The van der Waals surface area contributed by atoms with E-state index in [0.29, 0.717) is 32.1 Å². The van der Waals surface area contributed by atoms with E-state index in [1.54, 1.807) is 12.1 Å². The van der Waals surface area contributed by atoms with Gasteiger partial charge >= 0.3 is 0 Å². The van der Waals surface area contributed by atoms with Gasteiger partial charge in [-0.05, 0) is 77.9 Å². The van der Waals surface area contributed by atoms with Crippen LogP contribution in [0.15, 0.2) is 84.9 Å². The number of pyridine rings is 2. The van der Waals surface area contributed by atoms with E-state index in [2.05, 4.69) is 39.6 Å². The standard InChI is InChI=1S/C47H42F2N6O3/c1-57-40-15-11-24(17-32(40)48)19-38-45-42(28-7-3-5-9-34(28)54-45)30-14-13-26(22-36(30)52-38)51-27-21-31(47(50)56)43-37(23-27)53-39(20-25-12-16-41(58-2)33(49)18-25)46-44(43)29-8-4-6-10-35(29)55-46/h3-12,15-18,26-27,31,51,54-55H,13-14,19-23H2,1-2H3,(H2,50,56). The number of primary amides is 1. The van der Waals surface area contributed by atoms with E-state index in [4.69, 9.17) is 25.2 Å². The molecule has 3 atom stereocenters. The summed E-state index contributed by atoms with van der Waals surface area (Å²) >= 11 is 0. The predicted octanol–water partition coefficient (Wildman–Crippen LogP) is 8.25. The van der Waals surface area contributed by atoms with Crippen LogP contribution in [0.4, 0.5) is 8.78 Å². The van der Waals surface area contributed by atoms with E-state index in [1.807, 2.05) is 36.4 Å². The number of rotatable bonds is 9. The number of aromatic nitrogens is 4. The molecule has 0 bridgehead atoms. The number of fused-ring (bicyclic) bond motifs is 10. The summed E-state index contributed by atoms with van der Waals surface area (Å²) in [4.78, 5) is 31.2. The second kappa shape index (κ2) is 14.2. The normalized spacial score (nSPS) is 17.8. The Morgan fingerprint density at radius 1 is 0.759 bits per heavy atom. The minimum atomic E-state index is -0.556. The van der Waals surface area contributed by atoms with Gasteiger partial charge in [-0.25, -0.2) is 8.78 Å². The number of benzene rings is 4. The fraction of sp³-hybridized carbons (Fsp3) is 0.255. The molecule has 2 aliphatic rings. The molecule has 0 radical (unpaired) electrons. The third-order valence-corrected chi connectivity index (χ3v) is 12.2. The van der Waals surface area contributed by atoms with Gasteiger partial charge in [0.05, 0.1) is 42.6 Å². The van der Waals surface area contributed by atoms with Crippen LogP contribution in [0.5, 0.6) is 11.5 Å². The Kier molecular flexibility index (Phi) is 8.85. The number of para-hydroxylation sites is 2. The first-order valence-electron chi connectivity index (χ1n) is 19.8. The lowest BCUT2D eigenvalue weighted by Crippen LogP contribution is -2.46. The number of nitrogens with two attached hydrogens (primary N) is 1. The zero-order chi connectivity index (χ0) is 39.7. The molecule has 1 amide bonds. The molecular weight excluding hydrogens is 735 g/mol. The first kappa shape index (κ1) is 36.0. The number of H-pyrrole nitrogens is 2. The fourth-order valence-corrected chi connectivity index (χ4v) is 9.65. The van der Waals surface area contributed by atoms with Gasteiger partial charge in [0, 0.05) is 81.7 Å². The van der Waals surface area contributed by atoms with Crippen LogP contribution in [0.1, 0.15) is 63.8 Å². The van der Waals surface area contributed by atoms with Crippen LogP contribution in [0.25, 0.3) is 43.6 Å². The summed E-state index contributed by atoms with van der Waals surface area (Å²) in [7, 11) is 2.91. The number of ether oxygens (including phenoxy) is 2. The number of hydrogen-bond donors (Lipinski definition) is 4. The summed E-state index contributed by atoms with van der Waals surface area (Å²) in [5.74, 6) is -1.38. The molecule has 58 heavy (non-hydrogen) atoms. The Hall–Kier alpha value is -6.33. The van der Waals surface area contributed by atoms with Gasteiger partial charge in [0.25, 0.3) is 0 Å². The van der Waals surface area contributed by atoms with Gasteiger partial charge in [-0.3, -0.25) is 14.8 Å². The minimum Gasteiger partial charge on any atom is -0.494 e. The first-order chi connectivity index (χ1) is 28.3. The first-order valence-corrected chi connectivity index (χ1v) is 19.8. The lowest BCUT2D eigenvalue weighted by Gasteiger charge is -2.35. The SMILES string of the molecule is COc1ccc(Cc2nc3c(c4c2[nH]c2ccccc24)CCC(NC2Cc4nc(Cc5ccc(OC)c(F)c5)c5[nH]c6ccccc6c5c4C(C(N)=O)C2)C3)cc1F. The highest BCUT2D eigenvalue weighted by molar-refractivity contribution is 6.12. The third-order valence-electron chi connectivity index (χ3n) is 12.2. The molecule has 8 aromatic rings. The van der Waals surface area contributed by atoms with Crippen LogP contribution in [0, 0.1) is 11.6 Å². The van der Waals surface area contributed by atoms with Crippen LogP contribution in [-0.4, -0.2) is 52.1 Å². The molecule has 0 spiro atoms. The number of amides is 1. The van der Waals surface area contributed by atoms with Gasteiger partial charge in [-0.2, -0.15) is 0 Å². The molecule has 4 aromatic heterocycles. The Morgan fingerprint density at radius 3 is 1.90 bits per heavy atom. The van der Waals surface area contributed by atoms with E-state index in [1.165, 1.54) is 37.3 Å². The number of carbonyl (C=O) groups is 1. The van der Waals surface area contributed by atoms with Crippen molar-refractivity contribution < 1.29 is 23.0 Å². The highest BCUT2D eigenvalue weighted by Crippen LogP contribution is 2.42. The fourth-order valence-electron chi connectivity index (χ4n) is 9.65. The van der Waals surface area contributed by atoms with Crippen molar-refractivity contribution in [3.05, 3.63) is 142 Å². The molecule has 4 heterocycles. The Balaban J connectivity index is 1.00. The summed E-state index contributed by atoms with van der Waals surface area (Å²) in [6, 6.07) is 26.4. The molecule has 5 N–H and O–H groups in total. The average Bonchev–Trinajstić information content (AvgIpc) is 3.81. The second-order valence-corrected chi connectivity index (χ2v) is 15.7. The van der Waals surface area contributed by atoms with Gasteiger partial charge in [-0.1, -0.05) is 48.5 Å². The molecule has 292 valence electrons. The molecule has 2 aliphatic carbocycles. The topological polar surface area (TPSA) is 131 Å². The molecular formula is C47H42F2N6O3. The summed E-state index contributed by atoms with van der Waals surface area (Å²) in [5.41, 5.74) is 17.2. The van der Waals surface area contributed by atoms with Crippen LogP contribution in [-0.2, 0) is 36.9 Å². The maximum Gasteiger partial charge on any atom is 0.225 e. The maximum absolute atomic E-state index is 14.9. The monoisotopic (exact) mass is 776 g/mol. The van der Waals surface area contributed by atoms with E-state index in [-0.39, 0.29) is 29.5 Å². The molecule has 11 heteroatoms. The van der Waals surface area contributed by atoms with Gasteiger partial charge < -0.3 is 30.5 Å². The number of aryl methyl sites for hydroxylation is 1. The van der Waals surface area contributed by atoms with Crippen molar-refractivity contribution in [2.24, 2.45) is 5.73 Å². The Labute approximate surface area is 333 Å². The smallest absolute Gasteiger partial charge is 0.225 e. The number of carbonyl (C=O) groups excluding carboxylic acids is 1. The molecule has 0 fully saturated rings. The Morgan fingerprint density at radius 2 is 1.31 bits per heavy atom. The number of methoxy groups -OCH3 is 2. The van der Waals surface area contributed by atoms with Gasteiger partial charge in [0.2, 0.25) is 5.91 Å². The van der Waals surface area contributed by atoms with Crippen LogP contribution >= 0.6 is 0 Å². The lowest BCUT2D eigenvalue weighted by molar-refractivity contribution is -0.119. The molecule has 0 saturated carbocycles. The van der Waals surface area contributed by atoms with E-state index in [9.17, 15) is 13.6 Å². The summed E-state index contributed by atoms with van der Waals surface area (Å²) in [6.45, 7) is 0. The quantitative estimate of drug-likeness (QED) is 0.117. The van der Waals surface area contributed by atoms with Crippen molar-refractivity contribution in [1.29, 1.82) is 0 Å². The zero-order valence-corrected chi connectivity index (χ0v) is 32.2. The molecule has 0 saturated heterocycles. The van der Waals surface area contributed by atoms with E-state index in [0.717, 1.165) is 90.5 Å². The molecule has 3 unspecified atom stereocenters. The molecule has 10 rings (SSSR count). The van der Waals surface area contributed by atoms with Crippen molar-refractivity contribution >= 4 is 49.5 Å². The number of halogens is 2. The number of aromatic amines is 2. The van der Waals surface area contributed by atoms with Crippen molar-refractivity contribution in [2.45, 2.75) is 62.9 Å². The largest absolute Gasteiger partial charge is 0.494 e. The van der Waals surface area contributed by atoms with E-state index < -0.39 is 17.6 Å². The van der Waals surface area contributed by atoms with Crippen LogP contribution in [0.3, 0.4) is 0 Å². The molecule has 9 nitrogen and oxygen atoms in total. The van der Waals surface area contributed by atoms with E-state index >= 15 is 0 Å². The summed E-state index contributed by atoms with van der Waals surface area (Å²) < 4.78 is 40.0. The van der Waals surface area contributed by atoms with Crippen LogP contribution < -0.4 is 20.5 Å². The van der Waals surface area contributed by atoms with Gasteiger partial charge in [0.15, 0.2) is 23.1 Å². The minimum absolute atomic E-state index is 0.0726. The van der Waals surface area contributed by atoms with Gasteiger partial charge in [0.1, 0.15) is 0 Å². The zero-order valence-electron chi connectivity index (χ0n) is 32.2. The molecule has 4 aromatic carbocycles. The highest BCUT2D eigenvalue weighted by atomic mass is 19.1. The van der Waals surface area contributed by atoms with Crippen molar-refractivity contribution in [3.8, 4) is 11.5 Å². The summed E-state index contributed by atoms with van der Waals surface area (Å²) in [6.07, 6.45) is 4.39. The average molecular weight is 777 g/mol. The Bertz CT molecular complexity index is 2940. The third kappa shape index (κ3) is 6.12. The predicted molar refractivity (Wildman–Crippen MR) is 222 cm³/mol. The number of nitrogens with one attached hydrogen (secondary N) is 3. The van der Waals surface area contributed by atoms with Crippen molar-refractivity contribution in [2.75, 3.05) is 14.2 Å². The highest BCUT2D eigenvalue weighted by Gasteiger charge is 2.37. The lowest BCUT2D eigenvalue weighted by atomic mass is 9.79. The van der Waals surface area contributed by atoms with Crippen molar-refractivity contribution in [1.82, 2.24) is 25.3 Å². The van der Waals surface area contributed by atoms with Crippen LogP contribution in [0.2, 0.25) is 0 Å².